The summed E-state index contributed by atoms with van der Waals surface area (Å²) in [4.78, 5) is 8.66. The summed E-state index contributed by atoms with van der Waals surface area (Å²) >= 11 is 1.85. The van der Waals surface area contributed by atoms with Gasteiger partial charge in [0.25, 0.3) is 0 Å². The van der Waals surface area contributed by atoms with Gasteiger partial charge < -0.3 is 10.2 Å². The van der Waals surface area contributed by atoms with Gasteiger partial charge in [-0.2, -0.15) is 0 Å². The minimum Gasteiger partial charge on any atom is -0.348 e. The van der Waals surface area contributed by atoms with E-state index >= 15 is 0 Å². The fourth-order valence-corrected chi connectivity index (χ4v) is 3.20. The molecular formula is C17H33N3S. The SMILES string of the molecule is CCC(C)c1nc(N(C)C(C)CC)sc1CNC(C)(C)C. The molecule has 21 heavy (non-hydrogen) atoms. The van der Waals surface area contributed by atoms with Crippen molar-refractivity contribution in [1.29, 1.82) is 0 Å². The van der Waals surface area contributed by atoms with E-state index in [1.54, 1.807) is 0 Å². The van der Waals surface area contributed by atoms with Gasteiger partial charge in [-0.3, -0.25) is 0 Å². The van der Waals surface area contributed by atoms with E-state index in [9.17, 15) is 0 Å². The van der Waals surface area contributed by atoms with Crippen LogP contribution >= 0.6 is 11.3 Å². The Morgan fingerprint density at radius 1 is 1.19 bits per heavy atom. The topological polar surface area (TPSA) is 28.2 Å². The van der Waals surface area contributed by atoms with Gasteiger partial charge in [-0.05, 0) is 46.5 Å². The number of hydrogen-bond donors (Lipinski definition) is 1. The van der Waals surface area contributed by atoms with Crippen LogP contribution in [0, 0.1) is 0 Å². The molecule has 0 aliphatic heterocycles. The molecule has 1 heterocycles. The van der Waals surface area contributed by atoms with Gasteiger partial charge in [0.05, 0.1) is 5.69 Å². The Morgan fingerprint density at radius 3 is 2.29 bits per heavy atom. The molecule has 0 fully saturated rings. The molecule has 0 saturated heterocycles. The molecule has 0 aromatic carbocycles. The second-order valence-corrected chi connectivity index (χ2v) is 8.15. The predicted octanol–water partition coefficient (Wildman–Crippen LogP) is 4.78. The van der Waals surface area contributed by atoms with E-state index in [0.29, 0.717) is 12.0 Å². The molecule has 1 N–H and O–H groups in total. The molecule has 0 amide bonds. The molecule has 3 nitrogen and oxygen atoms in total. The van der Waals surface area contributed by atoms with Gasteiger partial charge in [-0.1, -0.05) is 20.8 Å². The number of rotatable bonds is 7. The van der Waals surface area contributed by atoms with Gasteiger partial charge in [-0.15, -0.1) is 11.3 Å². The van der Waals surface area contributed by atoms with Crippen LogP contribution in [0.15, 0.2) is 0 Å². The molecule has 0 saturated carbocycles. The summed E-state index contributed by atoms with van der Waals surface area (Å²) in [5.74, 6) is 0.525. The minimum atomic E-state index is 0.138. The Balaban J connectivity index is 3.01. The molecule has 0 radical (unpaired) electrons. The van der Waals surface area contributed by atoms with Crippen LogP contribution in [0.3, 0.4) is 0 Å². The summed E-state index contributed by atoms with van der Waals surface area (Å²) in [5.41, 5.74) is 1.42. The Labute approximate surface area is 135 Å². The second-order valence-electron chi connectivity index (χ2n) is 7.09. The number of nitrogens with one attached hydrogen (secondary N) is 1. The maximum atomic E-state index is 4.96. The third-order valence-corrected chi connectivity index (χ3v) is 5.29. The van der Waals surface area contributed by atoms with E-state index < -0.39 is 0 Å². The molecule has 0 aliphatic rings. The van der Waals surface area contributed by atoms with Crippen LogP contribution in [0.4, 0.5) is 5.13 Å². The Bertz CT molecular complexity index is 434. The van der Waals surface area contributed by atoms with Crippen LogP contribution in [0.2, 0.25) is 0 Å². The number of hydrogen-bond acceptors (Lipinski definition) is 4. The van der Waals surface area contributed by atoms with Crippen LogP contribution in [-0.2, 0) is 6.54 Å². The van der Waals surface area contributed by atoms with Crippen molar-refractivity contribution in [2.45, 2.75) is 85.4 Å². The summed E-state index contributed by atoms with van der Waals surface area (Å²) in [6.45, 7) is 16.6. The van der Waals surface area contributed by atoms with Crippen LogP contribution in [0.1, 0.15) is 77.8 Å². The second kappa shape index (κ2) is 7.59. The molecule has 2 unspecified atom stereocenters. The van der Waals surface area contributed by atoms with E-state index in [4.69, 9.17) is 4.98 Å². The van der Waals surface area contributed by atoms with Crippen LogP contribution in [-0.4, -0.2) is 23.6 Å². The van der Waals surface area contributed by atoms with Crippen LogP contribution < -0.4 is 10.2 Å². The lowest BCUT2D eigenvalue weighted by Gasteiger charge is -2.22. The summed E-state index contributed by atoms with van der Waals surface area (Å²) in [6, 6.07) is 0.532. The average molecular weight is 312 g/mol. The average Bonchev–Trinajstić information content (AvgIpc) is 2.85. The smallest absolute Gasteiger partial charge is 0.185 e. The molecule has 0 spiro atoms. The number of nitrogens with zero attached hydrogens (tertiary/aromatic N) is 2. The first kappa shape index (κ1) is 18.4. The number of thiazole rings is 1. The first-order valence-electron chi connectivity index (χ1n) is 8.17. The summed E-state index contributed by atoms with van der Waals surface area (Å²) in [7, 11) is 2.16. The number of anilines is 1. The van der Waals surface area contributed by atoms with E-state index in [0.717, 1.165) is 24.5 Å². The molecule has 4 heteroatoms. The first-order valence-corrected chi connectivity index (χ1v) is 8.98. The lowest BCUT2D eigenvalue weighted by atomic mass is 10.0. The highest BCUT2D eigenvalue weighted by Crippen LogP contribution is 2.33. The third-order valence-electron chi connectivity index (χ3n) is 4.13. The molecule has 1 aromatic heterocycles. The fraction of sp³-hybridized carbons (Fsp3) is 0.824. The highest BCUT2D eigenvalue weighted by atomic mass is 32.1. The van der Waals surface area contributed by atoms with E-state index in [-0.39, 0.29) is 5.54 Å². The van der Waals surface area contributed by atoms with E-state index in [1.165, 1.54) is 10.6 Å². The molecule has 0 aliphatic carbocycles. The van der Waals surface area contributed by atoms with Crippen molar-refractivity contribution in [3.63, 3.8) is 0 Å². The minimum absolute atomic E-state index is 0.138. The molecular weight excluding hydrogens is 278 g/mol. The normalized spacial score (nSPS) is 15.0. The van der Waals surface area contributed by atoms with Gasteiger partial charge in [-0.25, -0.2) is 4.98 Å². The van der Waals surface area contributed by atoms with Gasteiger partial charge in [0.15, 0.2) is 5.13 Å². The largest absolute Gasteiger partial charge is 0.348 e. The molecule has 0 bridgehead atoms. The fourth-order valence-electron chi connectivity index (χ4n) is 2.01. The van der Waals surface area contributed by atoms with Gasteiger partial charge >= 0.3 is 0 Å². The van der Waals surface area contributed by atoms with E-state index in [2.05, 4.69) is 65.7 Å². The third kappa shape index (κ3) is 5.26. The Kier molecular flexibility index (Phi) is 6.67. The molecule has 2 atom stereocenters. The van der Waals surface area contributed by atoms with Crippen LogP contribution in [0.5, 0.6) is 0 Å². The lowest BCUT2D eigenvalue weighted by molar-refractivity contribution is 0.424. The molecule has 122 valence electrons. The van der Waals surface area contributed by atoms with Gasteiger partial charge in [0.1, 0.15) is 0 Å². The van der Waals surface area contributed by atoms with Crippen molar-refractivity contribution in [3.05, 3.63) is 10.6 Å². The van der Waals surface area contributed by atoms with Crippen molar-refractivity contribution >= 4 is 16.5 Å². The number of aromatic nitrogens is 1. The first-order chi connectivity index (χ1) is 9.69. The maximum absolute atomic E-state index is 4.96. The van der Waals surface area contributed by atoms with E-state index in [1.807, 2.05) is 11.3 Å². The van der Waals surface area contributed by atoms with Crippen molar-refractivity contribution in [3.8, 4) is 0 Å². The maximum Gasteiger partial charge on any atom is 0.185 e. The van der Waals surface area contributed by atoms with Gasteiger partial charge in [0, 0.05) is 30.1 Å². The lowest BCUT2D eigenvalue weighted by Crippen LogP contribution is -2.35. The highest BCUT2D eigenvalue weighted by Gasteiger charge is 2.21. The molecule has 1 aromatic rings. The van der Waals surface area contributed by atoms with Gasteiger partial charge in [0.2, 0.25) is 0 Å². The highest BCUT2D eigenvalue weighted by molar-refractivity contribution is 7.15. The zero-order valence-corrected chi connectivity index (χ0v) is 15.9. The molecule has 1 rings (SSSR count). The van der Waals surface area contributed by atoms with Crippen molar-refractivity contribution in [2.75, 3.05) is 11.9 Å². The van der Waals surface area contributed by atoms with Crippen LogP contribution in [0.25, 0.3) is 0 Å². The summed E-state index contributed by atoms with van der Waals surface area (Å²) in [6.07, 6.45) is 2.28. The zero-order valence-electron chi connectivity index (χ0n) is 15.1. The van der Waals surface area contributed by atoms with Crippen molar-refractivity contribution in [1.82, 2.24) is 10.3 Å². The zero-order chi connectivity index (χ0) is 16.2. The summed E-state index contributed by atoms with van der Waals surface area (Å²) < 4.78 is 0. The predicted molar refractivity (Wildman–Crippen MR) is 95.6 cm³/mol. The standard InChI is InChI=1S/C17H33N3S/c1-9-12(3)15-14(11-18-17(5,6)7)21-16(19-15)20(8)13(4)10-2/h12-13,18H,9-11H2,1-8H3. The Hall–Kier alpha value is -0.610. The Morgan fingerprint density at radius 2 is 1.81 bits per heavy atom. The van der Waals surface area contributed by atoms with Crippen molar-refractivity contribution in [2.24, 2.45) is 0 Å². The quantitative estimate of drug-likeness (QED) is 0.785. The monoisotopic (exact) mass is 311 g/mol. The van der Waals surface area contributed by atoms with Crippen molar-refractivity contribution < 1.29 is 0 Å². The summed E-state index contributed by atoms with van der Waals surface area (Å²) in [5, 5.41) is 4.76.